The molecule has 0 atom stereocenters. The third-order valence-corrected chi connectivity index (χ3v) is 5.38. The average Bonchev–Trinajstić information content (AvgIpc) is 3.34. The number of amides is 2. The SMILES string of the molecule is O=C(Nc1ccc2c(c1)OCO2)C1CCN(C(=O)/C=C/c2ccc(I)o2)CC1. The van der Waals surface area contributed by atoms with Gasteiger partial charge in [-0.3, -0.25) is 9.59 Å². The molecule has 3 heterocycles. The Bertz CT molecular complexity index is 915. The number of rotatable bonds is 4. The highest BCUT2D eigenvalue weighted by Gasteiger charge is 2.27. The van der Waals surface area contributed by atoms with Gasteiger partial charge in [-0.2, -0.15) is 0 Å². The molecule has 4 rings (SSSR count). The Morgan fingerprint density at radius 3 is 2.64 bits per heavy atom. The largest absolute Gasteiger partial charge is 0.454 e. The van der Waals surface area contributed by atoms with Gasteiger partial charge >= 0.3 is 0 Å². The van der Waals surface area contributed by atoms with E-state index in [2.05, 4.69) is 27.9 Å². The fourth-order valence-electron chi connectivity index (χ4n) is 3.26. The van der Waals surface area contributed by atoms with Gasteiger partial charge in [0, 0.05) is 36.8 Å². The number of hydrogen-bond acceptors (Lipinski definition) is 5. The van der Waals surface area contributed by atoms with Crippen molar-refractivity contribution in [1.29, 1.82) is 0 Å². The van der Waals surface area contributed by atoms with Crippen molar-refractivity contribution in [3.8, 4) is 11.5 Å². The third kappa shape index (κ3) is 4.32. The molecule has 0 radical (unpaired) electrons. The van der Waals surface area contributed by atoms with E-state index in [-0.39, 0.29) is 24.5 Å². The van der Waals surface area contributed by atoms with Crippen molar-refractivity contribution >= 4 is 46.2 Å². The number of piperidine rings is 1. The number of hydrogen-bond donors (Lipinski definition) is 1. The Morgan fingerprint density at radius 2 is 1.89 bits per heavy atom. The molecule has 1 fully saturated rings. The van der Waals surface area contributed by atoms with Gasteiger partial charge < -0.3 is 24.1 Å². The van der Waals surface area contributed by atoms with Crippen LogP contribution in [0.15, 0.2) is 40.8 Å². The number of nitrogens with zero attached hydrogens (tertiary/aromatic N) is 1. The van der Waals surface area contributed by atoms with E-state index in [1.54, 1.807) is 29.2 Å². The molecule has 0 unspecified atom stereocenters. The second-order valence-electron chi connectivity index (χ2n) is 6.63. The summed E-state index contributed by atoms with van der Waals surface area (Å²) < 4.78 is 16.8. The van der Waals surface area contributed by atoms with Crippen molar-refractivity contribution in [2.24, 2.45) is 5.92 Å². The second-order valence-corrected chi connectivity index (χ2v) is 7.70. The van der Waals surface area contributed by atoms with E-state index in [9.17, 15) is 9.59 Å². The summed E-state index contributed by atoms with van der Waals surface area (Å²) in [6, 6.07) is 9.00. The molecule has 0 spiro atoms. The topological polar surface area (TPSA) is 81.0 Å². The number of carbonyl (C=O) groups is 2. The van der Waals surface area contributed by atoms with E-state index in [0.29, 0.717) is 48.9 Å². The highest BCUT2D eigenvalue weighted by Crippen LogP contribution is 2.34. The molecule has 146 valence electrons. The zero-order valence-corrected chi connectivity index (χ0v) is 17.2. The molecule has 2 aliphatic heterocycles. The summed E-state index contributed by atoms with van der Waals surface area (Å²) in [6.45, 7) is 1.31. The minimum Gasteiger partial charge on any atom is -0.454 e. The molecule has 0 aliphatic carbocycles. The predicted molar refractivity (Wildman–Crippen MR) is 111 cm³/mol. The molecule has 1 aromatic heterocycles. The van der Waals surface area contributed by atoms with Crippen LogP contribution in [0.3, 0.4) is 0 Å². The van der Waals surface area contributed by atoms with Gasteiger partial charge in [0.25, 0.3) is 0 Å². The maximum absolute atomic E-state index is 12.5. The van der Waals surface area contributed by atoms with E-state index in [4.69, 9.17) is 13.9 Å². The van der Waals surface area contributed by atoms with Crippen molar-refractivity contribution in [2.75, 3.05) is 25.2 Å². The third-order valence-electron chi connectivity index (χ3n) is 4.80. The van der Waals surface area contributed by atoms with Crippen LogP contribution in [-0.4, -0.2) is 36.6 Å². The maximum Gasteiger partial charge on any atom is 0.246 e. The van der Waals surface area contributed by atoms with Crippen LogP contribution in [0.5, 0.6) is 11.5 Å². The van der Waals surface area contributed by atoms with Crippen LogP contribution in [0.2, 0.25) is 0 Å². The van der Waals surface area contributed by atoms with Gasteiger partial charge in [0.15, 0.2) is 15.3 Å². The number of nitrogens with one attached hydrogen (secondary N) is 1. The highest BCUT2D eigenvalue weighted by molar-refractivity contribution is 14.1. The van der Waals surface area contributed by atoms with Gasteiger partial charge in [0.05, 0.1) is 0 Å². The molecule has 1 saturated heterocycles. The quantitative estimate of drug-likeness (QED) is 0.520. The molecule has 2 aromatic rings. The fraction of sp³-hybridized carbons (Fsp3) is 0.300. The average molecular weight is 494 g/mol. The molecular weight excluding hydrogens is 475 g/mol. The molecule has 2 amide bonds. The van der Waals surface area contributed by atoms with E-state index in [0.717, 1.165) is 3.77 Å². The molecule has 2 aliphatic rings. The fourth-order valence-corrected chi connectivity index (χ4v) is 3.69. The maximum atomic E-state index is 12.5. The van der Waals surface area contributed by atoms with E-state index < -0.39 is 0 Å². The van der Waals surface area contributed by atoms with Crippen molar-refractivity contribution in [3.63, 3.8) is 0 Å². The normalized spacial score (nSPS) is 16.5. The van der Waals surface area contributed by atoms with Gasteiger partial charge in [-0.1, -0.05) is 0 Å². The van der Waals surface area contributed by atoms with Crippen LogP contribution in [0.1, 0.15) is 18.6 Å². The first-order chi connectivity index (χ1) is 13.6. The lowest BCUT2D eigenvalue weighted by molar-refractivity contribution is -0.130. The summed E-state index contributed by atoms with van der Waals surface area (Å²) in [5.41, 5.74) is 0.684. The molecule has 0 bridgehead atoms. The van der Waals surface area contributed by atoms with Gasteiger partial charge in [-0.15, -0.1) is 0 Å². The van der Waals surface area contributed by atoms with Crippen LogP contribution in [0.25, 0.3) is 6.08 Å². The Labute approximate surface area is 175 Å². The Morgan fingerprint density at radius 1 is 1.11 bits per heavy atom. The Balaban J connectivity index is 1.28. The number of fused-ring (bicyclic) bond motifs is 1. The highest BCUT2D eigenvalue weighted by atomic mass is 127. The Hall–Kier alpha value is -2.49. The van der Waals surface area contributed by atoms with Crippen molar-refractivity contribution in [1.82, 2.24) is 4.90 Å². The zero-order valence-electron chi connectivity index (χ0n) is 15.0. The first-order valence-corrected chi connectivity index (χ1v) is 10.1. The summed E-state index contributed by atoms with van der Waals surface area (Å²) in [6.07, 6.45) is 4.45. The summed E-state index contributed by atoms with van der Waals surface area (Å²) >= 11 is 2.08. The molecule has 1 N–H and O–H groups in total. The van der Waals surface area contributed by atoms with E-state index in [1.165, 1.54) is 6.08 Å². The van der Waals surface area contributed by atoms with Crippen LogP contribution in [0.4, 0.5) is 5.69 Å². The number of furan rings is 1. The van der Waals surface area contributed by atoms with Crippen LogP contribution in [0, 0.1) is 9.68 Å². The van der Waals surface area contributed by atoms with E-state index in [1.807, 2.05) is 12.1 Å². The summed E-state index contributed by atoms with van der Waals surface area (Å²) in [4.78, 5) is 26.6. The number of benzene rings is 1. The zero-order chi connectivity index (χ0) is 19.5. The van der Waals surface area contributed by atoms with Crippen molar-refractivity contribution < 1.29 is 23.5 Å². The van der Waals surface area contributed by atoms with Gasteiger partial charge in [-0.25, -0.2) is 0 Å². The minimum absolute atomic E-state index is 0.0355. The predicted octanol–water partition coefficient (Wildman–Crippen LogP) is 3.50. The molecule has 1 aromatic carbocycles. The number of carbonyl (C=O) groups excluding carboxylic acids is 2. The standard InChI is InChI=1S/C20H19IN2O5/c21-18-5-2-15(28-18)3-6-19(24)23-9-7-13(8-10-23)20(25)22-14-1-4-16-17(11-14)27-12-26-16/h1-6,11,13H,7-10,12H2,(H,22,25)/b6-3+. The lowest BCUT2D eigenvalue weighted by Gasteiger charge is -2.30. The van der Waals surface area contributed by atoms with Crippen LogP contribution in [-0.2, 0) is 9.59 Å². The number of anilines is 1. The molecule has 28 heavy (non-hydrogen) atoms. The summed E-state index contributed by atoms with van der Waals surface area (Å²) in [5, 5.41) is 2.93. The second kappa shape index (κ2) is 8.26. The minimum atomic E-state index is -0.120. The number of likely N-dealkylation sites (tertiary alicyclic amines) is 1. The molecule has 0 saturated carbocycles. The lowest BCUT2D eigenvalue weighted by Crippen LogP contribution is -2.40. The van der Waals surface area contributed by atoms with Crippen LogP contribution >= 0.6 is 22.6 Å². The lowest BCUT2D eigenvalue weighted by atomic mass is 9.95. The van der Waals surface area contributed by atoms with E-state index >= 15 is 0 Å². The van der Waals surface area contributed by atoms with Gasteiger partial charge in [0.1, 0.15) is 5.76 Å². The van der Waals surface area contributed by atoms with Crippen molar-refractivity contribution in [2.45, 2.75) is 12.8 Å². The van der Waals surface area contributed by atoms with Gasteiger partial charge in [-0.05, 0) is 65.8 Å². The smallest absolute Gasteiger partial charge is 0.246 e. The van der Waals surface area contributed by atoms with Crippen LogP contribution < -0.4 is 14.8 Å². The first kappa shape index (κ1) is 18.9. The first-order valence-electron chi connectivity index (χ1n) is 9.01. The van der Waals surface area contributed by atoms with Gasteiger partial charge in [0.2, 0.25) is 18.6 Å². The molecular formula is C20H19IN2O5. The summed E-state index contributed by atoms with van der Waals surface area (Å²) in [7, 11) is 0. The monoisotopic (exact) mass is 494 g/mol. The Kier molecular flexibility index (Phi) is 5.56. The number of halogens is 1. The molecule has 8 heteroatoms. The molecule has 7 nitrogen and oxygen atoms in total. The van der Waals surface area contributed by atoms with Crippen molar-refractivity contribution in [3.05, 3.63) is 45.9 Å². The number of ether oxygens (including phenoxy) is 2. The summed E-state index contributed by atoms with van der Waals surface area (Å²) in [5.74, 6) is 1.74.